The summed E-state index contributed by atoms with van der Waals surface area (Å²) in [4.78, 5) is 15.7. The lowest BCUT2D eigenvalue weighted by Crippen LogP contribution is -2.36. The molecule has 4 nitrogen and oxygen atoms in total. The van der Waals surface area contributed by atoms with Crippen molar-refractivity contribution in [3.63, 3.8) is 0 Å². The van der Waals surface area contributed by atoms with Crippen LogP contribution in [0.3, 0.4) is 0 Å². The summed E-state index contributed by atoms with van der Waals surface area (Å²) in [5.41, 5.74) is 0.441. The van der Waals surface area contributed by atoms with Gasteiger partial charge in [0.05, 0.1) is 12.6 Å². The number of carbonyl (C=O) groups excluding carboxylic acids is 1. The van der Waals surface area contributed by atoms with E-state index in [-0.39, 0.29) is 17.8 Å². The lowest BCUT2D eigenvalue weighted by Gasteiger charge is -2.25. The molecule has 134 valence electrons. The molecule has 1 aliphatic heterocycles. The van der Waals surface area contributed by atoms with Gasteiger partial charge in [0.1, 0.15) is 5.75 Å². The Morgan fingerprint density at radius 1 is 1.32 bits per heavy atom. The molecule has 2 heterocycles. The molecular weight excluding hydrogens is 348 g/mol. The summed E-state index contributed by atoms with van der Waals surface area (Å²) in [5.74, 6) is -0.108. The number of benzene rings is 1. The van der Waals surface area contributed by atoms with Crippen LogP contribution in [0.4, 0.5) is 8.78 Å². The van der Waals surface area contributed by atoms with Crippen LogP contribution in [0.1, 0.15) is 28.1 Å². The highest BCUT2D eigenvalue weighted by atomic mass is 32.1. The van der Waals surface area contributed by atoms with Crippen LogP contribution < -0.4 is 4.74 Å². The van der Waals surface area contributed by atoms with Gasteiger partial charge in [-0.05, 0) is 48.6 Å². The van der Waals surface area contributed by atoms with E-state index in [9.17, 15) is 13.6 Å². The first-order chi connectivity index (χ1) is 12.1. The summed E-state index contributed by atoms with van der Waals surface area (Å²) < 4.78 is 34.5. The number of nitrogens with zero attached hydrogens (tertiary/aromatic N) is 1. The van der Waals surface area contributed by atoms with Crippen molar-refractivity contribution in [2.45, 2.75) is 32.1 Å². The fraction of sp³-hybridized carbons (Fsp3) is 0.389. The Kier molecular flexibility index (Phi) is 5.99. The Bertz CT molecular complexity index is 670. The number of thiophene rings is 1. The van der Waals surface area contributed by atoms with Crippen LogP contribution >= 0.6 is 11.3 Å². The summed E-state index contributed by atoms with van der Waals surface area (Å²) in [6.07, 6.45) is 1.99. The topological polar surface area (TPSA) is 38.8 Å². The van der Waals surface area contributed by atoms with Gasteiger partial charge in [-0.25, -0.2) is 0 Å². The van der Waals surface area contributed by atoms with Crippen LogP contribution in [0.2, 0.25) is 0 Å². The molecule has 1 aromatic carbocycles. The number of rotatable bonds is 7. The minimum atomic E-state index is -2.88. The standard InChI is InChI=1S/C18H19F2NO3S/c19-18(20)24-14-7-5-13(6-8-14)17(22)21(11-15-3-1-9-23-15)12-16-4-2-10-25-16/h2,4-8,10,15,18H,1,3,9,11-12H2. The highest BCUT2D eigenvalue weighted by molar-refractivity contribution is 7.09. The summed E-state index contributed by atoms with van der Waals surface area (Å²) >= 11 is 1.59. The molecule has 1 saturated heterocycles. The molecule has 0 radical (unpaired) electrons. The fourth-order valence-electron chi connectivity index (χ4n) is 2.81. The van der Waals surface area contributed by atoms with Crippen LogP contribution in [0.5, 0.6) is 5.75 Å². The van der Waals surface area contributed by atoms with Gasteiger partial charge in [-0.2, -0.15) is 8.78 Å². The first-order valence-electron chi connectivity index (χ1n) is 8.10. The maximum atomic E-state index is 12.9. The predicted octanol–water partition coefficient (Wildman–Crippen LogP) is 4.17. The largest absolute Gasteiger partial charge is 0.435 e. The summed E-state index contributed by atoms with van der Waals surface area (Å²) in [6, 6.07) is 9.72. The van der Waals surface area contributed by atoms with Crippen LogP contribution in [0, 0.1) is 0 Å². The number of amides is 1. The lowest BCUT2D eigenvalue weighted by molar-refractivity contribution is -0.0498. The van der Waals surface area contributed by atoms with Gasteiger partial charge in [-0.3, -0.25) is 4.79 Å². The molecule has 1 amide bonds. The molecular formula is C18H19F2NO3S. The van der Waals surface area contributed by atoms with Crippen molar-refractivity contribution in [3.8, 4) is 5.75 Å². The van der Waals surface area contributed by atoms with Crippen LogP contribution in [-0.2, 0) is 11.3 Å². The van der Waals surface area contributed by atoms with Gasteiger partial charge in [0, 0.05) is 23.6 Å². The number of hydrogen-bond acceptors (Lipinski definition) is 4. The van der Waals surface area contributed by atoms with Gasteiger partial charge < -0.3 is 14.4 Å². The van der Waals surface area contributed by atoms with Gasteiger partial charge in [-0.15, -0.1) is 11.3 Å². The second-order valence-electron chi connectivity index (χ2n) is 5.80. The zero-order valence-corrected chi connectivity index (χ0v) is 14.4. The zero-order chi connectivity index (χ0) is 17.6. The van der Waals surface area contributed by atoms with E-state index in [2.05, 4.69) is 4.74 Å². The van der Waals surface area contributed by atoms with Crippen LogP contribution in [-0.4, -0.2) is 36.7 Å². The van der Waals surface area contributed by atoms with E-state index in [1.165, 1.54) is 24.3 Å². The first kappa shape index (κ1) is 17.8. The van der Waals surface area contributed by atoms with Crippen molar-refractivity contribution in [3.05, 3.63) is 52.2 Å². The molecule has 1 fully saturated rings. The molecule has 1 aliphatic rings. The normalized spacial score (nSPS) is 17.0. The van der Waals surface area contributed by atoms with Gasteiger partial charge in [0.2, 0.25) is 0 Å². The molecule has 1 atom stereocenters. The number of carbonyl (C=O) groups is 1. The molecule has 3 rings (SSSR count). The van der Waals surface area contributed by atoms with Gasteiger partial charge >= 0.3 is 6.61 Å². The number of alkyl halides is 2. The van der Waals surface area contributed by atoms with Crippen LogP contribution in [0.15, 0.2) is 41.8 Å². The lowest BCUT2D eigenvalue weighted by atomic mass is 10.1. The van der Waals surface area contributed by atoms with Crippen molar-refractivity contribution < 1.29 is 23.0 Å². The second kappa shape index (κ2) is 8.40. The Morgan fingerprint density at radius 2 is 2.12 bits per heavy atom. The Balaban J connectivity index is 1.72. The van der Waals surface area contributed by atoms with E-state index in [0.717, 1.165) is 24.3 Å². The third-order valence-corrected chi connectivity index (χ3v) is 4.85. The fourth-order valence-corrected chi connectivity index (χ4v) is 3.53. The first-order valence-corrected chi connectivity index (χ1v) is 8.98. The number of hydrogen-bond donors (Lipinski definition) is 0. The maximum absolute atomic E-state index is 12.9. The molecule has 0 bridgehead atoms. The molecule has 0 aliphatic carbocycles. The van der Waals surface area contributed by atoms with E-state index >= 15 is 0 Å². The highest BCUT2D eigenvalue weighted by Crippen LogP contribution is 2.21. The molecule has 0 spiro atoms. The maximum Gasteiger partial charge on any atom is 0.387 e. The molecule has 1 unspecified atom stereocenters. The number of halogens is 2. The number of ether oxygens (including phenoxy) is 2. The van der Waals surface area contributed by atoms with Crippen molar-refractivity contribution in [1.82, 2.24) is 4.90 Å². The van der Waals surface area contributed by atoms with Crippen molar-refractivity contribution >= 4 is 17.2 Å². The smallest absolute Gasteiger partial charge is 0.387 e. The summed E-state index contributed by atoms with van der Waals surface area (Å²) in [6.45, 7) is -1.13. The van der Waals surface area contributed by atoms with Gasteiger partial charge in [0.15, 0.2) is 0 Å². The minimum absolute atomic E-state index is 0.0375. The van der Waals surface area contributed by atoms with Crippen molar-refractivity contribution in [2.75, 3.05) is 13.2 Å². The van der Waals surface area contributed by atoms with E-state index in [1.54, 1.807) is 16.2 Å². The van der Waals surface area contributed by atoms with Gasteiger partial charge in [0.25, 0.3) is 5.91 Å². The molecule has 0 saturated carbocycles. The second-order valence-corrected chi connectivity index (χ2v) is 6.84. The molecule has 0 N–H and O–H groups in total. The average molecular weight is 367 g/mol. The van der Waals surface area contributed by atoms with Gasteiger partial charge in [-0.1, -0.05) is 6.07 Å². The third-order valence-electron chi connectivity index (χ3n) is 3.99. The average Bonchev–Trinajstić information content (AvgIpc) is 3.28. The zero-order valence-electron chi connectivity index (χ0n) is 13.6. The van der Waals surface area contributed by atoms with E-state index in [4.69, 9.17) is 4.74 Å². The minimum Gasteiger partial charge on any atom is -0.435 e. The van der Waals surface area contributed by atoms with E-state index in [0.29, 0.717) is 18.7 Å². The van der Waals surface area contributed by atoms with Crippen LogP contribution in [0.25, 0.3) is 0 Å². The summed E-state index contributed by atoms with van der Waals surface area (Å²) in [7, 11) is 0. The van der Waals surface area contributed by atoms with E-state index in [1.807, 2.05) is 17.5 Å². The highest BCUT2D eigenvalue weighted by Gasteiger charge is 2.24. The molecule has 25 heavy (non-hydrogen) atoms. The molecule has 2 aromatic rings. The monoisotopic (exact) mass is 367 g/mol. The Labute approximate surface area is 149 Å². The SMILES string of the molecule is O=C(c1ccc(OC(F)F)cc1)N(Cc1cccs1)CC1CCCO1. The van der Waals surface area contributed by atoms with E-state index < -0.39 is 6.61 Å². The van der Waals surface area contributed by atoms with Crippen molar-refractivity contribution in [1.29, 1.82) is 0 Å². The third kappa shape index (κ3) is 4.99. The molecule has 1 aromatic heterocycles. The molecule has 7 heteroatoms. The quantitative estimate of drug-likeness (QED) is 0.737. The van der Waals surface area contributed by atoms with Crippen molar-refractivity contribution in [2.24, 2.45) is 0 Å². The summed E-state index contributed by atoms with van der Waals surface area (Å²) in [5, 5.41) is 1.97. The predicted molar refractivity (Wildman–Crippen MR) is 91.1 cm³/mol. The Hall–Kier alpha value is -1.99. The Morgan fingerprint density at radius 3 is 2.72 bits per heavy atom.